The summed E-state index contributed by atoms with van der Waals surface area (Å²) in [7, 11) is 0. The lowest BCUT2D eigenvalue weighted by Gasteiger charge is -2.36. The van der Waals surface area contributed by atoms with Crippen LogP contribution in [0, 0.1) is 12.5 Å². The van der Waals surface area contributed by atoms with E-state index >= 15 is 0 Å². The molecule has 5 rings (SSSR count). The fourth-order valence-electron chi connectivity index (χ4n) is 4.28. The maximum Gasteiger partial charge on any atom is 0.248 e. The van der Waals surface area contributed by atoms with Crippen LogP contribution in [0.15, 0.2) is 36.8 Å². The average molecular weight is 424 g/mol. The van der Waals surface area contributed by atoms with Gasteiger partial charge in [0, 0.05) is 30.5 Å². The van der Waals surface area contributed by atoms with Gasteiger partial charge in [0.1, 0.15) is 11.2 Å². The molecule has 1 N–H and O–H groups in total. The second-order valence-corrected chi connectivity index (χ2v) is 8.60. The lowest BCUT2D eigenvalue weighted by atomic mass is 9.80. The van der Waals surface area contributed by atoms with Crippen molar-refractivity contribution < 1.29 is 13.6 Å². The molecule has 0 atom stereocenters. The van der Waals surface area contributed by atoms with E-state index in [1.807, 2.05) is 28.8 Å². The first-order valence-electron chi connectivity index (χ1n) is 10.4. The highest BCUT2D eigenvalue weighted by molar-refractivity contribution is 5.93. The summed E-state index contributed by atoms with van der Waals surface area (Å²) >= 11 is 0. The quantitative estimate of drug-likeness (QED) is 0.619. The van der Waals surface area contributed by atoms with Crippen LogP contribution in [0.2, 0.25) is 0 Å². The predicted octanol–water partition coefficient (Wildman–Crippen LogP) is 4.37. The fraction of sp³-hybridized carbons (Fsp3) is 0.455. The molecule has 0 aliphatic heterocycles. The van der Waals surface area contributed by atoms with Gasteiger partial charge in [0.2, 0.25) is 18.4 Å². The van der Waals surface area contributed by atoms with E-state index in [0.29, 0.717) is 11.5 Å². The van der Waals surface area contributed by atoms with Gasteiger partial charge in [0.05, 0.1) is 18.1 Å². The number of nitrogens with zero attached hydrogens (tertiary/aromatic N) is 5. The number of imidazole rings is 1. The maximum atomic E-state index is 13.7. The predicted molar refractivity (Wildman–Crippen MR) is 111 cm³/mol. The summed E-state index contributed by atoms with van der Waals surface area (Å²) < 4.78 is 31.1. The van der Waals surface area contributed by atoms with Crippen LogP contribution < -0.4 is 5.32 Å². The summed E-state index contributed by atoms with van der Waals surface area (Å²) in [5, 5.41) is 7.34. The second-order valence-electron chi connectivity index (χ2n) is 8.60. The molecule has 0 radical (unpaired) electrons. The number of carbonyl (C=O) groups excluding carboxylic acids is 1. The number of rotatable bonds is 5. The van der Waals surface area contributed by atoms with Gasteiger partial charge < -0.3 is 10.2 Å². The highest BCUT2D eigenvalue weighted by Crippen LogP contribution is 2.43. The molecular formula is C22H22F2N6O. The van der Waals surface area contributed by atoms with Gasteiger partial charge in [-0.15, -0.1) is 0 Å². The summed E-state index contributed by atoms with van der Waals surface area (Å²) in [6, 6.07) is 5.64. The molecule has 2 aliphatic carbocycles. The molecule has 9 heteroatoms. The van der Waals surface area contributed by atoms with E-state index in [1.54, 1.807) is 17.1 Å². The molecule has 0 spiro atoms. The Bertz CT molecular complexity index is 1180. The highest BCUT2D eigenvalue weighted by Gasteiger charge is 2.47. The molecule has 3 aromatic heterocycles. The first-order valence-corrected chi connectivity index (χ1v) is 10.4. The van der Waals surface area contributed by atoms with Crippen molar-refractivity contribution in [3.8, 4) is 11.3 Å². The topological polar surface area (TPSA) is 68.6 Å². The third-order valence-electron chi connectivity index (χ3n) is 6.34. The molecule has 7 nitrogen and oxygen atoms in total. The Labute approximate surface area is 177 Å². The smallest absolute Gasteiger partial charge is 0.248 e. The zero-order valence-electron chi connectivity index (χ0n) is 16.9. The molecule has 0 aromatic carbocycles. The van der Waals surface area contributed by atoms with Gasteiger partial charge >= 0.3 is 0 Å². The van der Waals surface area contributed by atoms with Crippen LogP contribution in [0.1, 0.15) is 38.5 Å². The van der Waals surface area contributed by atoms with E-state index in [0.717, 1.165) is 24.1 Å². The third kappa shape index (κ3) is 3.67. The number of alkyl halides is 2. The minimum absolute atomic E-state index is 0.00652. The van der Waals surface area contributed by atoms with Crippen molar-refractivity contribution in [2.45, 2.75) is 50.0 Å². The molecule has 31 heavy (non-hydrogen) atoms. The summed E-state index contributed by atoms with van der Waals surface area (Å²) in [4.78, 5) is 20.1. The number of amides is 1. The summed E-state index contributed by atoms with van der Waals surface area (Å²) in [6.45, 7) is 7.46. The zero-order valence-corrected chi connectivity index (χ0v) is 16.9. The van der Waals surface area contributed by atoms with Crippen LogP contribution in [0.4, 0.5) is 14.6 Å². The third-order valence-corrected chi connectivity index (χ3v) is 6.34. The number of halogens is 2. The Balaban J connectivity index is 1.46. The lowest BCUT2D eigenvalue weighted by Crippen LogP contribution is -2.43. The molecule has 2 fully saturated rings. The number of fused-ring (bicyclic) bond motifs is 1. The molecule has 0 saturated heterocycles. The van der Waals surface area contributed by atoms with E-state index in [9.17, 15) is 13.6 Å². The number of nitrogens with one attached hydrogen (secondary N) is 1. The number of pyridine rings is 1. The van der Waals surface area contributed by atoms with Crippen LogP contribution in [0.3, 0.4) is 0 Å². The fourth-order valence-corrected chi connectivity index (χ4v) is 4.28. The van der Waals surface area contributed by atoms with Gasteiger partial charge in [0.25, 0.3) is 0 Å². The van der Waals surface area contributed by atoms with Crippen molar-refractivity contribution in [1.82, 2.24) is 19.2 Å². The molecular weight excluding hydrogens is 402 g/mol. The van der Waals surface area contributed by atoms with Gasteiger partial charge in [-0.05, 0) is 37.8 Å². The van der Waals surface area contributed by atoms with Crippen molar-refractivity contribution in [3.63, 3.8) is 0 Å². The largest absolute Gasteiger partial charge is 0.314 e. The molecule has 3 heterocycles. The van der Waals surface area contributed by atoms with Crippen molar-refractivity contribution in [1.29, 1.82) is 0 Å². The summed E-state index contributed by atoms with van der Waals surface area (Å²) in [5.74, 6) is -2.10. The second kappa shape index (κ2) is 7.15. The minimum atomic E-state index is -2.68. The van der Waals surface area contributed by atoms with E-state index in [-0.39, 0.29) is 44.1 Å². The standard InChI is InChI=1S/C22H22F2N6O/c1-25-14-21(7-9-22(23,24)10-8-21)30-12-16(11-26-30)17-3-2-4-19-27-18(13-29(17)19)28-20(31)15-5-6-15/h2-4,11-13,15H,5-10,14H2,(H,28,31). The lowest BCUT2D eigenvalue weighted by molar-refractivity contribution is -0.117. The molecule has 0 unspecified atom stereocenters. The number of anilines is 1. The van der Waals surface area contributed by atoms with E-state index in [2.05, 4.69) is 20.2 Å². The van der Waals surface area contributed by atoms with Crippen molar-refractivity contribution in [3.05, 3.63) is 48.2 Å². The van der Waals surface area contributed by atoms with Crippen LogP contribution in [-0.4, -0.2) is 37.5 Å². The van der Waals surface area contributed by atoms with Crippen LogP contribution in [-0.2, 0) is 10.3 Å². The molecule has 3 aromatic rings. The normalized spacial score (nSPS) is 19.8. The SMILES string of the molecule is [C-]#[N+]CC1(n2cc(-c3cccc4nc(NC(=O)C5CC5)cn34)cn2)CCC(F)(F)CC1. The Kier molecular flexibility index (Phi) is 4.54. The Hall–Kier alpha value is -3.28. The van der Waals surface area contributed by atoms with Gasteiger partial charge in [0.15, 0.2) is 5.82 Å². The Morgan fingerprint density at radius 2 is 2.00 bits per heavy atom. The Morgan fingerprint density at radius 3 is 2.71 bits per heavy atom. The molecule has 2 aliphatic rings. The van der Waals surface area contributed by atoms with Crippen molar-refractivity contribution >= 4 is 17.4 Å². The van der Waals surface area contributed by atoms with Gasteiger partial charge in [-0.1, -0.05) is 6.07 Å². The van der Waals surface area contributed by atoms with Crippen molar-refractivity contribution in [2.75, 3.05) is 11.9 Å². The number of hydrogen-bond donors (Lipinski definition) is 1. The summed E-state index contributed by atoms with van der Waals surface area (Å²) in [5.41, 5.74) is 1.59. The highest BCUT2D eigenvalue weighted by atomic mass is 19.3. The van der Waals surface area contributed by atoms with Gasteiger partial charge in [-0.2, -0.15) is 5.10 Å². The van der Waals surface area contributed by atoms with Crippen LogP contribution in [0.5, 0.6) is 0 Å². The average Bonchev–Trinajstić information content (AvgIpc) is 3.33. The molecule has 0 bridgehead atoms. The molecule has 2 saturated carbocycles. The van der Waals surface area contributed by atoms with Gasteiger partial charge in [-0.25, -0.2) is 20.3 Å². The zero-order chi connectivity index (χ0) is 21.6. The van der Waals surface area contributed by atoms with E-state index < -0.39 is 11.5 Å². The van der Waals surface area contributed by atoms with E-state index in [1.165, 1.54) is 0 Å². The molecule has 1 amide bonds. The van der Waals surface area contributed by atoms with E-state index in [4.69, 9.17) is 6.57 Å². The minimum Gasteiger partial charge on any atom is -0.314 e. The van der Waals surface area contributed by atoms with Crippen molar-refractivity contribution in [2.24, 2.45) is 5.92 Å². The molecule has 160 valence electrons. The Morgan fingerprint density at radius 1 is 1.23 bits per heavy atom. The van der Waals surface area contributed by atoms with Gasteiger partial charge in [-0.3, -0.25) is 13.9 Å². The van der Waals surface area contributed by atoms with Crippen LogP contribution >= 0.6 is 0 Å². The first-order chi connectivity index (χ1) is 14.9. The monoisotopic (exact) mass is 424 g/mol. The number of aromatic nitrogens is 4. The maximum absolute atomic E-state index is 13.7. The number of hydrogen-bond acceptors (Lipinski definition) is 3. The summed E-state index contributed by atoms with van der Waals surface area (Å²) in [6.07, 6.45) is 7.09. The first kappa shape index (κ1) is 19.7. The number of carbonyl (C=O) groups is 1. The van der Waals surface area contributed by atoms with Crippen LogP contribution in [0.25, 0.3) is 21.7 Å².